The predicted octanol–water partition coefficient (Wildman–Crippen LogP) is 0.375. The van der Waals surface area contributed by atoms with E-state index in [4.69, 9.17) is 14.3 Å². The second kappa shape index (κ2) is 8.72. The molecule has 1 aromatic carbocycles. The van der Waals surface area contributed by atoms with Crippen molar-refractivity contribution in [3.8, 4) is 0 Å². The molecule has 0 fully saturated rings. The highest BCUT2D eigenvalue weighted by atomic mass is 16.5. The Bertz CT molecular complexity index is 752. The molecule has 0 aliphatic carbocycles. The Morgan fingerprint density at radius 3 is 2.42 bits per heavy atom. The zero-order valence-corrected chi connectivity index (χ0v) is 14.0. The van der Waals surface area contributed by atoms with Crippen LogP contribution in [0.2, 0.25) is 0 Å². The summed E-state index contributed by atoms with van der Waals surface area (Å²) >= 11 is 0. The van der Waals surface area contributed by atoms with Crippen LogP contribution in [-0.2, 0) is 4.74 Å². The first-order valence-corrected chi connectivity index (χ1v) is 7.86. The van der Waals surface area contributed by atoms with Gasteiger partial charge < -0.3 is 29.6 Å². The quantitative estimate of drug-likeness (QED) is 0.390. The number of Topliss-reactive ketones (excluding diaryl/α,β-unsaturated/α-hetero) is 1. The molecule has 1 heterocycles. The Morgan fingerprint density at radius 1 is 1.15 bits per heavy atom. The molecule has 0 saturated heterocycles. The molecule has 2 aromatic rings. The molecule has 26 heavy (non-hydrogen) atoms. The molecule has 4 N–H and O–H groups in total. The molecular weight excluding hydrogens is 344 g/mol. The average molecular weight is 364 g/mol. The first-order valence-electron chi connectivity index (χ1n) is 7.86. The van der Waals surface area contributed by atoms with E-state index in [2.05, 4.69) is 0 Å². The topological polar surface area (TPSA) is 137 Å². The standard InChI is InChI=1S/C18H20O8/c1-10-12(7-15(26-10)17(23)16(22)13(20)8-19)18(24)25-9-14(21)11-5-3-2-4-6-11/h2-7,13,16-17,19-20,22-23H,8-9H2,1H3/t13-,16-,17-/m0/s1. The Hall–Kier alpha value is -2.52. The van der Waals surface area contributed by atoms with Crippen molar-refractivity contribution in [3.63, 3.8) is 0 Å². The molecule has 2 rings (SSSR count). The van der Waals surface area contributed by atoms with Crippen molar-refractivity contribution in [1.82, 2.24) is 0 Å². The molecule has 8 heteroatoms. The molecule has 3 atom stereocenters. The van der Waals surface area contributed by atoms with Crippen molar-refractivity contribution in [2.24, 2.45) is 0 Å². The number of hydrogen-bond acceptors (Lipinski definition) is 8. The van der Waals surface area contributed by atoms with Crippen molar-refractivity contribution in [1.29, 1.82) is 0 Å². The SMILES string of the molecule is Cc1oc([C@H](O)[C@@H](O)[C@@H](O)CO)cc1C(=O)OCC(=O)c1ccccc1. The minimum atomic E-state index is -1.70. The zero-order valence-electron chi connectivity index (χ0n) is 14.0. The van der Waals surface area contributed by atoms with Crippen LogP contribution in [0.25, 0.3) is 0 Å². The lowest BCUT2D eigenvalue weighted by atomic mass is 10.1. The van der Waals surface area contributed by atoms with Gasteiger partial charge in [-0.1, -0.05) is 30.3 Å². The fourth-order valence-corrected chi connectivity index (χ4v) is 2.26. The first-order chi connectivity index (χ1) is 12.3. The number of furan rings is 1. The van der Waals surface area contributed by atoms with Gasteiger partial charge in [-0.3, -0.25) is 4.79 Å². The monoisotopic (exact) mass is 364 g/mol. The molecule has 0 amide bonds. The van der Waals surface area contributed by atoms with Gasteiger partial charge in [-0.2, -0.15) is 0 Å². The average Bonchev–Trinajstić information content (AvgIpc) is 3.06. The van der Waals surface area contributed by atoms with Crippen LogP contribution in [0.5, 0.6) is 0 Å². The second-order valence-corrected chi connectivity index (χ2v) is 5.67. The van der Waals surface area contributed by atoms with Crippen LogP contribution < -0.4 is 0 Å². The van der Waals surface area contributed by atoms with Gasteiger partial charge in [0.15, 0.2) is 12.4 Å². The second-order valence-electron chi connectivity index (χ2n) is 5.67. The van der Waals surface area contributed by atoms with Crippen LogP contribution in [-0.4, -0.2) is 57.6 Å². The number of benzene rings is 1. The molecule has 0 saturated carbocycles. The van der Waals surface area contributed by atoms with Crippen molar-refractivity contribution in [2.75, 3.05) is 13.2 Å². The summed E-state index contributed by atoms with van der Waals surface area (Å²) in [6.07, 6.45) is -4.92. The number of hydrogen-bond donors (Lipinski definition) is 4. The van der Waals surface area contributed by atoms with Crippen molar-refractivity contribution < 1.29 is 39.2 Å². The number of ketones is 1. The van der Waals surface area contributed by atoms with E-state index in [0.29, 0.717) is 5.56 Å². The molecular formula is C18H20O8. The summed E-state index contributed by atoms with van der Waals surface area (Å²) in [7, 11) is 0. The smallest absolute Gasteiger partial charge is 0.342 e. The van der Waals surface area contributed by atoms with Gasteiger partial charge in [0.1, 0.15) is 35.4 Å². The van der Waals surface area contributed by atoms with E-state index in [1.807, 2.05) is 0 Å². The highest BCUT2D eigenvalue weighted by molar-refractivity contribution is 5.99. The number of carbonyl (C=O) groups excluding carboxylic acids is 2. The van der Waals surface area contributed by atoms with Gasteiger partial charge >= 0.3 is 5.97 Å². The normalized spacial score (nSPS) is 14.5. The molecule has 0 bridgehead atoms. The zero-order chi connectivity index (χ0) is 19.3. The van der Waals surface area contributed by atoms with Gasteiger partial charge in [0.2, 0.25) is 0 Å². The van der Waals surface area contributed by atoms with E-state index >= 15 is 0 Å². The maximum atomic E-state index is 12.1. The summed E-state index contributed by atoms with van der Waals surface area (Å²) < 4.78 is 10.2. The van der Waals surface area contributed by atoms with Crippen LogP contribution in [0.4, 0.5) is 0 Å². The third-order valence-corrected chi connectivity index (χ3v) is 3.78. The van der Waals surface area contributed by atoms with E-state index in [9.17, 15) is 24.9 Å². The summed E-state index contributed by atoms with van der Waals surface area (Å²) in [6.45, 7) is 0.228. The van der Waals surface area contributed by atoms with Crippen LogP contribution in [0.3, 0.4) is 0 Å². The van der Waals surface area contributed by atoms with Crippen LogP contribution in [0.15, 0.2) is 40.8 Å². The third-order valence-electron chi connectivity index (χ3n) is 3.78. The molecule has 140 valence electrons. The highest BCUT2D eigenvalue weighted by Crippen LogP contribution is 2.25. The Labute approximate surface area is 149 Å². The Morgan fingerprint density at radius 2 is 1.81 bits per heavy atom. The maximum absolute atomic E-state index is 12.1. The summed E-state index contributed by atoms with van der Waals surface area (Å²) in [6, 6.07) is 9.49. The number of aryl methyl sites for hydroxylation is 1. The minimum absolute atomic E-state index is 0.0226. The molecule has 0 unspecified atom stereocenters. The van der Waals surface area contributed by atoms with Gasteiger partial charge in [-0.25, -0.2) is 4.79 Å². The molecule has 0 aliphatic rings. The lowest BCUT2D eigenvalue weighted by Crippen LogP contribution is -2.34. The predicted molar refractivity (Wildman–Crippen MR) is 88.6 cm³/mol. The van der Waals surface area contributed by atoms with E-state index in [0.717, 1.165) is 6.07 Å². The van der Waals surface area contributed by atoms with E-state index in [-0.39, 0.29) is 22.9 Å². The molecule has 1 aromatic heterocycles. The van der Waals surface area contributed by atoms with Gasteiger partial charge in [0.25, 0.3) is 0 Å². The highest BCUT2D eigenvalue weighted by Gasteiger charge is 2.30. The summed E-state index contributed by atoms with van der Waals surface area (Å²) in [5, 5.41) is 37.8. The minimum Gasteiger partial charge on any atom is -0.463 e. The van der Waals surface area contributed by atoms with E-state index in [1.54, 1.807) is 30.3 Å². The number of carbonyl (C=O) groups is 2. The molecule has 0 aliphatic heterocycles. The summed E-state index contributed by atoms with van der Waals surface area (Å²) in [4.78, 5) is 24.1. The van der Waals surface area contributed by atoms with Gasteiger partial charge in [0, 0.05) is 5.56 Å². The van der Waals surface area contributed by atoms with Crippen molar-refractivity contribution >= 4 is 11.8 Å². The van der Waals surface area contributed by atoms with Gasteiger partial charge in [-0.05, 0) is 13.0 Å². The first kappa shape index (κ1) is 19.8. The Kier molecular flexibility index (Phi) is 6.64. The van der Waals surface area contributed by atoms with Crippen LogP contribution >= 0.6 is 0 Å². The molecule has 0 spiro atoms. The third kappa shape index (κ3) is 4.55. The van der Waals surface area contributed by atoms with E-state index in [1.165, 1.54) is 6.92 Å². The lowest BCUT2D eigenvalue weighted by Gasteiger charge is -2.19. The number of rotatable bonds is 8. The fourth-order valence-electron chi connectivity index (χ4n) is 2.26. The van der Waals surface area contributed by atoms with Gasteiger partial charge in [0.05, 0.1) is 6.61 Å². The fraction of sp³-hybridized carbons (Fsp3) is 0.333. The molecule has 0 radical (unpaired) electrons. The maximum Gasteiger partial charge on any atom is 0.342 e. The van der Waals surface area contributed by atoms with Crippen molar-refractivity contribution in [2.45, 2.75) is 25.2 Å². The van der Waals surface area contributed by atoms with Gasteiger partial charge in [-0.15, -0.1) is 0 Å². The van der Waals surface area contributed by atoms with Crippen molar-refractivity contribution in [3.05, 3.63) is 59.0 Å². The van der Waals surface area contributed by atoms with Crippen LogP contribution in [0, 0.1) is 6.92 Å². The van der Waals surface area contributed by atoms with Crippen LogP contribution in [0.1, 0.15) is 38.3 Å². The molecule has 8 nitrogen and oxygen atoms in total. The number of aliphatic hydroxyl groups excluding tert-OH is 4. The number of ether oxygens (including phenoxy) is 1. The summed E-state index contributed by atoms with van der Waals surface area (Å²) in [5.41, 5.74) is 0.382. The Balaban J connectivity index is 2.03. The van der Waals surface area contributed by atoms with E-state index < -0.39 is 37.5 Å². The number of aliphatic hydroxyl groups is 4. The summed E-state index contributed by atoms with van der Waals surface area (Å²) in [5.74, 6) is -1.27. The largest absolute Gasteiger partial charge is 0.463 e. The number of esters is 1. The lowest BCUT2D eigenvalue weighted by molar-refractivity contribution is -0.0837.